The van der Waals surface area contributed by atoms with Gasteiger partial charge in [0.25, 0.3) is 0 Å². The van der Waals surface area contributed by atoms with Crippen molar-refractivity contribution < 1.29 is 5.11 Å². The zero-order chi connectivity index (χ0) is 12.3. The van der Waals surface area contributed by atoms with Crippen LogP contribution >= 0.6 is 0 Å². The molecule has 1 heterocycles. The minimum absolute atomic E-state index is 0.102. The van der Waals surface area contributed by atoms with E-state index in [2.05, 4.69) is 23.9 Å². The van der Waals surface area contributed by atoms with E-state index < -0.39 is 0 Å². The number of aromatic nitrogens is 3. The molecule has 1 saturated carbocycles. The first-order valence-corrected chi connectivity index (χ1v) is 6.70. The maximum absolute atomic E-state index is 9.68. The van der Waals surface area contributed by atoms with E-state index in [0.717, 1.165) is 38.1 Å². The summed E-state index contributed by atoms with van der Waals surface area (Å²) in [6.07, 6.45) is 6.76. The highest BCUT2D eigenvalue weighted by atomic mass is 16.3. The Bertz CT molecular complexity index is 348. The average molecular weight is 237 g/mol. The molecule has 0 amide bonds. The monoisotopic (exact) mass is 237 g/mol. The second kappa shape index (κ2) is 5.63. The lowest BCUT2D eigenvalue weighted by Gasteiger charge is -2.25. The molecule has 17 heavy (non-hydrogen) atoms. The van der Waals surface area contributed by atoms with Gasteiger partial charge in [-0.2, -0.15) is 5.10 Å². The van der Waals surface area contributed by atoms with Gasteiger partial charge in [0.05, 0.1) is 6.10 Å². The van der Waals surface area contributed by atoms with Gasteiger partial charge in [-0.1, -0.05) is 20.3 Å². The molecular formula is C13H23N3O. The van der Waals surface area contributed by atoms with Gasteiger partial charge in [0.1, 0.15) is 12.2 Å². The molecule has 0 spiro atoms. The first-order chi connectivity index (χ1) is 8.15. The fourth-order valence-corrected chi connectivity index (χ4v) is 2.65. The average Bonchev–Trinajstić information content (AvgIpc) is 2.65. The van der Waals surface area contributed by atoms with Crippen molar-refractivity contribution in [3.8, 4) is 0 Å². The molecule has 0 aliphatic heterocycles. The Morgan fingerprint density at radius 2 is 2.29 bits per heavy atom. The zero-order valence-electron chi connectivity index (χ0n) is 10.8. The van der Waals surface area contributed by atoms with Gasteiger partial charge >= 0.3 is 0 Å². The van der Waals surface area contributed by atoms with Crippen LogP contribution in [0.1, 0.15) is 45.4 Å². The second-order valence-corrected chi connectivity index (χ2v) is 5.64. The molecule has 1 aromatic heterocycles. The third-order valence-corrected chi connectivity index (χ3v) is 3.46. The fourth-order valence-electron chi connectivity index (χ4n) is 2.65. The van der Waals surface area contributed by atoms with Crippen molar-refractivity contribution in [3.05, 3.63) is 12.2 Å². The van der Waals surface area contributed by atoms with Crippen LogP contribution < -0.4 is 0 Å². The molecule has 0 bridgehead atoms. The molecule has 2 unspecified atom stereocenters. The van der Waals surface area contributed by atoms with Crippen LogP contribution in [-0.2, 0) is 13.0 Å². The van der Waals surface area contributed by atoms with E-state index in [1.54, 1.807) is 6.33 Å². The highest BCUT2D eigenvalue weighted by Gasteiger charge is 2.22. The van der Waals surface area contributed by atoms with Gasteiger partial charge in [-0.05, 0) is 31.1 Å². The summed E-state index contributed by atoms with van der Waals surface area (Å²) in [5, 5.41) is 14.0. The van der Waals surface area contributed by atoms with Gasteiger partial charge < -0.3 is 5.11 Å². The molecular weight excluding hydrogens is 214 g/mol. The summed E-state index contributed by atoms with van der Waals surface area (Å²) in [5.41, 5.74) is 0. The van der Waals surface area contributed by atoms with Crippen molar-refractivity contribution in [1.82, 2.24) is 14.8 Å². The topological polar surface area (TPSA) is 50.9 Å². The standard InChI is InChI=1S/C13H23N3O/c1-10(2)8-16-13(14-9-15-16)7-11-4-3-5-12(17)6-11/h9-12,17H,3-8H2,1-2H3. The Labute approximate surface area is 103 Å². The molecule has 2 rings (SSSR count). The fraction of sp³-hybridized carbons (Fsp3) is 0.846. The Kier molecular flexibility index (Phi) is 4.15. The lowest BCUT2D eigenvalue weighted by Crippen LogP contribution is -2.22. The highest BCUT2D eigenvalue weighted by Crippen LogP contribution is 2.26. The lowest BCUT2D eigenvalue weighted by atomic mass is 9.85. The van der Waals surface area contributed by atoms with Crippen LogP contribution in [-0.4, -0.2) is 26.0 Å². The van der Waals surface area contributed by atoms with E-state index in [4.69, 9.17) is 0 Å². The van der Waals surface area contributed by atoms with E-state index in [1.165, 1.54) is 6.42 Å². The molecule has 1 aliphatic rings. The van der Waals surface area contributed by atoms with Crippen molar-refractivity contribution in [2.45, 2.75) is 58.6 Å². The van der Waals surface area contributed by atoms with E-state index in [9.17, 15) is 5.11 Å². The molecule has 1 fully saturated rings. The van der Waals surface area contributed by atoms with E-state index in [0.29, 0.717) is 11.8 Å². The Morgan fingerprint density at radius 3 is 3.00 bits per heavy atom. The van der Waals surface area contributed by atoms with Crippen LogP contribution in [0, 0.1) is 11.8 Å². The van der Waals surface area contributed by atoms with E-state index in [-0.39, 0.29) is 6.10 Å². The maximum Gasteiger partial charge on any atom is 0.138 e. The summed E-state index contributed by atoms with van der Waals surface area (Å²) in [6, 6.07) is 0. The van der Waals surface area contributed by atoms with Crippen LogP contribution in [0.2, 0.25) is 0 Å². The summed E-state index contributed by atoms with van der Waals surface area (Å²) < 4.78 is 2.02. The second-order valence-electron chi connectivity index (χ2n) is 5.64. The Hall–Kier alpha value is -0.900. The van der Waals surface area contributed by atoms with Gasteiger partial charge in [-0.25, -0.2) is 9.67 Å². The molecule has 1 N–H and O–H groups in total. The van der Waals surface area contributed by atoms with Crippen LogP contribution in [0.25, 0.3) is 0 Å². The van der Waals surface area contributed by atoms with Crippen LogP contribution in [0.4, 0.5) is 0 Å². The Balaban J connectivity index is 1.95. The van der Waals surface area contributed by atoms with Crippen molar-refractivity contribution in [2.24, 2.45) is 11.8 Å². The summed E-state index contributed by atoms with van der Waals surface area (Å²) >= 11 is 0. The number of aliphatic hydroxyl groups is 1. The van der Waals surface area contributed by atoms with Crippen molar-refractivity contribution >= 4 is 0 Å². The third kappa shape index (κ3) is 3.53. The molecule has 0 aromatic carbocycles. The molecule has 96 valence electrons. The predicted molar refractivity (Wildman–Crippen MR) is 66.5 cm³/mol. The predicted octanol–water partition coefficient (Wildman–Crippen LogP) is 2.03. The van der Waals surface area contributed by atoms with Crippen molar-refractivity contribution in [1.29, 1.82) is 0 Å². The normalized spacial score (nSPS) is 25.4. The molecule has 4 nitrogen and oxygen atoms in total. The number of hydrogen-bond acceptors (Lipinski definition) is 3. The van der Waals surface area contributed by atoms with Gasteiger partial charge in [0.15, 0.2) is 0 Å². The quantitative estimate of drug-likeness (QED) is 0.871. The van der Waals surface area contributed by atoms with Crippen LogP contribution in [0.3, 0.4) is 0 Å². The molecule has 0 saturated heterocycles. The smallest absolute Gasteiger partial charge is 0.138 e. The highest BCUT2D eigenvalue weighted by molar-refractivity contribution is 4.89. The minimum Gasteiger partial charge on any atom is -0.393 e. The number of rotatable bonds is 4. The van der Waals surface area contributed by atoms with Crippen molar-refractivity contribution in [2.75, 3.05) is 0 Å². The Morgan fingerprint density at radius 1 is 1.47 bits per heavy atom. The molecule has 1 aliphatic carbocycles. The number of aliphatic hydroxyl groups excluding tert-OH is 1. The first kappa shape index (κ1) is 12.6. The third-order valence-electron chi connectivity index (χ3n) is 3.46. The van der Waals surface area contributed by atoms with Gasteiger partial charge in [0.2, 0.25) is 0 Å². The summed E-state index contributed by atoms with van der Waals surface area (Å²) in [7, 11) is 0. The van der Waals surface area contributed by atoms with Gasteiger partial charge in [0, 0.05) is 13.0 Å². The summed E-state index contributed by atoms with van der Waals surface area (Å²) in [4.78, 5) is 4.36. The van der Waals surface area contributed by atoms with Crippen molar-refractivity contribution in [3.63, 3.8) is 0 Å². The summed E-state index contributed by atoms with van der Waals surface area (Å²) in [6.45, 7) is 5.32. The molecule has 0 radical (unpaired) electrons. The van der Waals surface area contributed by atoms with Gasteiger partial charge in [-0.15, -0.1) is 0 Å². The SMILES string of the molecule is CC(C)Cn1ncnc1CC1CCCC(O)C1. The summed E-state index contributed by atoms with van der Waals surface area (Å²) in [5.74, 6) is 2.25. The largest absolute Gasteiger partial charge is 0.393 e. The van der Waals surface area contributed by atoms with Crippen LogP contribution in [0.15, 0.2) is 6.33 Å². The lowest BCUT2D eigenvalue weighted by molar-refractivity contribution is 0.100. The van der Waals surface area contributed by atoms with Crippen LogP contribution in [0.5, 0.6) is 0 Å². The zero-order valence-corrected chi connectivity index (χ0v) is 10.8. The number of hydrogen-bond donors (Lipinski definition) is 1. The maximum atomic E-state index is 9.68. The number of nitrogens with zero attached hydrogens (tertiary/aromatic N) is 3. The molecule has 4 heteroatoms. The first-order valence-electron chi connectivity index (χ1n) is 6.70. The molecule has 2 atom stereocenters. The van der Waals surface area contributed by atoms with E-state index in [1.807, 2.05) is 4.68 Å². The van der Waals surface area contributed by atoms with E-state index >= 15 is 0 Å². The minimum atomic E-state index is -0.102. The van der Waals surface area contributed by atoms with Gasteiger partial charge in [-0.3, -0.25) is 0 Å². The molecule has 1 aromatic rings.